The Bertz CT molecular complexity index is 854. The first-order chi connectivity index (χ1) is 13.8. The summed E-state index contributed by atoms with van der Waals surface area (Å²) in [5, 5.41) is 2.88. The lowest BCUT2D eigenvalue weighted by atomic mass is 10.1. The van der Waals surface area contributed by atoms with Gasteiger partial charge in [-0.25, -0.2) is 0 Å². The molecule has 2 amide bonds. The predicted octanol–water partition coefficient (Wildman–Crippen LogP) is 4.39. The lowest BCUT2D eigenvalue weighted by molar-refractivity contribution is -0.142. The number of amides is 2. The topological polar surface area (TPSA) is 58.6 Å². The maximum atomic E-state index is 13.0. The Hall–Kier alpha value is -2.34. The molecule has 5 nitrogen and oxygen atoms in total. The summed E-state index contributed by atoms with van der Waals surface area (Å²) in [6.07, 6.45) is 0.843. The summed E-state index contributed by atoms with van der Waals surface area (Å²) < 4.78 is 6.70. The predicted molar refractivity (Wildman–Crippen MR) is 119 cm³/mol. The summed E-state index contributed by atoms with van der Waals surface area (Å²) in [6, 6.07) is 12.9. The number of rotatable bonds is 9. The molecule has 0 aliphatic rings. The first-order valence-electron chi connectivity index (χ1n) is 9.84. The van der Waals surface area contributed by atoms with Crippen molar-refractivity contribution >= 4 is 27.7 Å². The maximum Gasteiger partial charge on any atom is 0.261 e. The lowest BCUT2D eigenvalue weighted by Crippen LogP contribution is -2.49. The van der Waals surface area contributed by atoms with Crippen LogP contribution in [0, 0.1) is 13.8 Å². The van der Waals surface area contributed by atoms with E-state index in [0.717, 1.165) is 27.6 Å². The minimum atomic E-state index is -0.594. The molecule has 0 saturated heterocycles. The van der Waals surface area contributed by atoms with Crippen molar-refractivity contribution in [1.29, 1.82) is 0 Å². The Morgan fingerprint density at radius 2 is 1.86 bits per heavy atom. The van der Waals surface area contributed by atoms with E-state index in [0.29, 0.717) is 18.8 Å². The molecule has 29 heavy (non-hydrogen) atoms. The molecule has 0 aliphatic carbocycles. The molecule has 0 heterocycles. The molecule has 2 aromatic carbocycles. The highest BCUT2D eigenvalue weighted by Crippen LogP contribution is 2.22. The summed E-state index contributed by atoms with van der Waals surface area (Å²) in [4.78, 5) is 27.1. The number of carbonyl (C=O) groups excluding carboxylic acids is 2. The van der Waals surface area contributed by atoms with Crippen molar-refractivity contribution in [3.63, 3.8) is 0 Å². The minimum Gasteiger partial charge on any atom is -0.484 e. The molecular formula is C23H29BrN2O3. The Morgan fingerprint density at radius 1 is 1.14 bits per heavy atom. The van der Waals surface area contributed by atoms with Crippen LogP contribution in [0.3, 0.4) is 0 Å². The van der Waals surface area contributed by atoms with Crippen LogP contribution in [0.2, 0.25) is 0 Å². The fraction of sp³-hybridized carbons (Fsp3) is 0.391. The van der Waals surface area contributed by atoms with Crippen molar-refractivity contribution in [1.82, 2.24) is 10.2 Å². The standard InChI is InChI=1S/C23H29BrN2O3/c1-5-12-25-23(28)18(4)26(14-19-9-7-6-8-16(19)2)22(27)15-29-20-10-11-21(24)17(3)13-20/h6-11,13,18H,5,12,14-15H2,1-4H3,(H,25,28). The van der Waals surface area contributed by atoms with E-state index >= 15 is 0 Å². The number of nitrogens with one attached hydrogen (secondary N) is 1. The van der Waals surface area contributed by atoms with Crippen LogP contribution in [0.15, 0.2) is 46.9 Å². The molecule has 0 fully saturated rings. The third-order valence-electron chi connectivity index (χ3n) is 4.81. The average Bonchev–Trinajstić information content (AvgIpc) is 2.71. The summed E-state index contributed by atoms with van der Waals surface area (Å²) in [5.41, 5.74) is 3.12. The van der Waals surface area contributed by atoms with Crippen molar-refractivity contribution in [2.24, 2.45) is 0 Å². The second-order valence-electron chi connectivity index (χ2n) is 7.11. The van der Waals surface area contributed by atoms with Gasteiger partial charge in [-0.3, -0.25) is 9.59 Å². The van der Waals surface area contributed by atoms with Crippen molar-refractivity contribution in [2.75, 3.05) is 13.2 Å². The molecule has 156 valence electrons. The molecule has 1 N–H and O–H groups in total. The lowest BCUT2D eigenvalue weighted by Gasteiger charge is -2.29. The van der Waals surface area contributed by atoms with Gasteiger partial charge in [-0.15, -0.1) is 0 Å². The maximum absolute atomic E-state index is 13.0. The van der Waals surface area contributed by atoms with Gasteiger partial charge in [0.2, 0.25) is 5.91 Å². The molecule has 6 heteroatoms. The van der Waals surface area contributed by atoms with Crippen LogP contribution in [0.4, 0.5) is 0 Å². The van der Waals surface area contributed by atoms with Gasteiger partial charge in [0, 0.05) is 17.6 Å². The van der Waals surface area contributed by atoms with E-state index in [1.54, 1.807) is 11.8 Å². The van der Waals surface area contributed by atoms with Crippen molar-refractivity contribution in [2.45, 2.75) is 46.7 Å². The molecule has 0 bridgehead atoms. The molecule has 2 rings (SSSR count). The molecule has 0 spiro atoms. The summed E-state index contributed by atoms with van der Waals surface area (Å²) in [6.45, 7) is 8.53. The fourth-order valence-corrected chi connectivity index (χ4v) is 3.13. The van der Waals surface area contributed by atoms with Gasteiger partial charge in [0.05, 0.1) is 0 Å². The molecule has 1 unspecified atom stereocenters. The van der Waals surface area contributed by atoms with Gasteiger partial charge in [-0.1, -0.05) is 47.1 Å². The molecule has 0 saturated carbocycles. The number of benzene rings is 2. The van der Waals surface area contributed by atoms with Crippen LogP contribution < -0.4 is 10.1 Å². The Labute approximate surface area is 181 Å². The normalized spacial score (nSPS) is 11.6. The third-order valence-corrected chi connectivity index (χ3v) is 5.70. The molecule has 0 radical (unpaired) electrons. The molecule has 1 atom stereocenters. The average molecular weight is 461 g/mol. The largest absolute Gasteiger partial charge is 0.484 e. The number of carbonyl (C=O) groups is 2. The molecule has 2 aromatic rings. The van der Waals surface area contributed by atoms with Crippen LogP contribution in [-0.4, -0.2) is 35.9 Å². The van der Waals surface area contributed by atoms with E-state index < -0.39 is 6.04 Å². The van der Waals surface area contributed by atoms with Crippen molar-refractivity contribution < 1.29 is 14.3 Å². The van der Waals surface area contributed by atoms with Gasteiger partial charge < -0.3 is 15.0 Å². The van der Waals surface area contributed by atoms with E-state index in [-0.39, 0.29) is 18.4 Å². The van der Waals surface area contributed by atoms with Crippen LogP contribution in [0.25, 0.3) is 0 Å². The van der Waals surface area contributed by atoms with E-state index in [1.807, 2.05) is 63.2 Å². The van der Waals surface area contributed by atoms with E-state index in [9.17, 15) is 9.59 Å². The second-order valence-corrected chi connectivity index (χ2v) is 7.97. The highest BCUT2D eigenvalue weighted by Gasteiger charge is 2.26. The smallest absolute Gasteiger partial charge is 0.261 e. The number of aryl methyl sites for hydroxylation is 2. The third kappa shape index (κ3) is 6.60. The van der Waals surface area contributed by atoms with E-state index in [2.05, 4.69) is 21.2 Å². The van der Waals surface area contributed by atoms with Gasteiger partial charge in [-0.2, -0.15) is 0 Å². The molecule has 0 aromatic heterocycles. The zero-order chi connectivity index (χ0) is 21.4. The monoisotopic (exact) mass is 460 g/mol. The first-order valence-corrected chi connectivity index (χ1v) is 10.6. The number of nitrogens with zero attached hydrogens (tertiary/aromatic N) is 1. The second kappa shape index (κ2) is 11.0. The number of hydrogen-bond acceptors (Lipinski definition) is 3. The van der Waals surface area contributed by atoms with Crippen LogP contribution in [0.1, 0.15) is 37.0 Å². The van der Waals surface area contributed by atoms with Gasteiger partial charge in [0.15, 0.2) is 6.61 Å². The van der Waals surface area contributed by atoms with Crippen molar-refractivity contribution in [3.8, 4) is 5.75 Å². The number of ether oxygens (including phenoxy) is 1. The van der Waals surface area contributed by atoms with Crippen LogP contribution in [0.5, 0.6) is 5.75 Å². The molecular weight excluding hydrogens is 432 g/mol. The quantitative estimate of drug-likeness (QED) is 0.603. The zero-order valence-electron chi connectivity index (χ0n) is 17.5. The summed E-state index contributed by atoms with van der Waals surface area (Å²) in [5.74, 6) is 0.235. The highest BCUT2D eigenvalue weighted by atomic mass is 79.9. The Balaban J connectivity index is 2.15. The molecule has 0 aliphatic heterocycles. The van der Waals surface area contributed by atoms with Crippen LogP contribution in [-0.2, 0) is 16.1 Å². The highest BCUT2D eigenvalue weighted by molar-refractivity contribution is 9.10. The minimum absolute atomic E-state index is 0.127. The first kappa shape index (κ1) is 22.9. The van der Waals surface area contributed by atoms with Gasteiger partial charge in [0.1, 0.15) is 11.8 Å². The van der Waals surface area contributed by atoms with Gasteiger partial charge >= 0.3 is 0 Å². The van der Waals surface area contributed by atoms with Gasteiger partial charge in [-0.05, 0) is 62.1 Å². The fourth-order valence-electron chi connectivity index (χ4n) is 2.88. The summed E-state index contributed by atoms with van der Waals surface area (Å²) >= 11 is 3.46. The SMILES string of the molecule is CCCNC(=O)C(C)N(Cc1ccccc1C)C(=O)COc1ccc(Br)c(C)c1. The summed E-state index contributed by atoms with van der Waals surface area (Å²) in [7, 11) is 0. The van der Waals surface area contributed by atoms with Crippen molar-refractivity contribution in [3.05, 3.63) is 63.6 Å². The van der Waals surface area contributed by atoms with Crippen LogP contribution >= 0.6 is 15.9 Å². The number of halogens is 1. The van der Waals surface area contributed by atoms with Gasteiger partial charge in [0.25, 0.3) is 5.91 Å². The zero-order valence-corrected chi connectivity index (χ0v) is 19.1. The number of hydrogen-bond donors (Lipinski definition) is 1. The van der Waals surface area contributed by atoms with E-state index in [1.165, 1.54) is 0 Å². The van der Waals surface area contributed by atoms with E-state index in [4.69, 9.17) is 4.74 Å². The Morgan fingerprint density at radius 3 is 2.52 bits per heavy atom. The Kier molecular flexibility index (Phi) is 8.70.